The number of esters is 1. The SMILES string of the molecule is COCCNC(=O)CNCc1ccc(CC(=O)OC)s1. The zero-order valence-electron chi connectivity index (χ0n) is 11.7. The van der Waals surface area contributed by atoms with E-state index >= 15 is 0 Å². The third-order valence-electron chi connectivity index (χ3n) is 2.48. The number of rotatable bonds is 9. The van der Waals surface area contributed by atoms with Crippen LogP contribution >= 0.6 is 11.3 Å². The summed E-state index contributed by atoms with van der Waals surface area (Å²) in [5.74, 6) is -0.308. The van der Waals surface area contributed by atoms with E-state index in [1.807, 2.05) is 12.1 Å². The van der Waals surface area contributed by atoms with Gasteiger partial charge >= 0.3 is 5.97 Å². The van der Waals surface area contributed by atoms with Crippen molar-refractivity contribution < 1.29 is 19.1 Å². The molecule has 1 aromatic heterocycles. The molecule has 112 valence electrons. The number of hydrogen-bond donors (Lipinski definition) is 2. The van der Waals surface area contributed by atoms with E-state index in [1.165, 1.54) is 18.4 Å². The van der Waals surface area contributed by atoms with Crippen LogP contribution < -0.4 is 10.6 Å². The molecule has 0 unspecified atom stereocenters. The molecule has 2 N–H and O–H groups in total. The van der Waals surface area contributed by atoms with Gasteiger partial charge in [0.2, 0.25) is 5.91 Å². The molecule has 0 bridgehead atoms. The zero-order valence-corrected chi connectivity index (χ0v) is 12.5. The van der Waals surface area contributed by atoms with Crippen molar-refractivity contribution in [3.63, 3.8) is 0 Å². The summed E-state index contributed by atoms with van der Waals surface area (Å²) in [5, 5.41) is 5.77. The van der Waals surface area contributed by atoms with Gasteiger partial charge in [-0.2, -0.15) is 0 Å². The fourth-order valence-electron chi connectivity index (χ4n) is 1.48. The van der Waals surface area contributed by atoms with Crippen LogP contribution in [0.4, 0.5) is 0 Å². The van der Waals surface area contributed by atoms with Gasteiger partial charge in [0, 0.05) is 30.0 Å². The van der Waals surface area contributed by atoms with Crippen LogP contribution in [0.2, 0.25) is 0 Å². The molecule has 0 spiro atoms. The summed E-state index contributed by atoms with van der Waals surface area (Å²) in [7, 11) is 2.97. The van der Waals surface area contributed by atoms with Gasteiger partial charge in [-0.25, -0.2) is 0 Å². The van der Waals surface area contributed by atoms with Gasteiger partial charge in [0.25, 0.3) is 0 Å². The minimum atomic E-state index is -0.246. The van der Waals surface area contributed by atoms with Gasteiger partial charge in [0.15, 0.2) is 0 Å². The predicted octanol–water partition coefficient (Wildman–Crippen LogP) is 0.316. The second-order valence-corrected chi connectivity index (χ2v) is 5.32. The molecule has 1 aromatic rings. The van der Waals surface area contributed by atoms with E-state index in [0.717, 1.165) is 9.75 Å². The number of hydrogen-bond acceptors (Lipinski definition) is 6. The Bertz CT molecular complexity index is 434. The molecule has 0 aromatic carbocycles. The predicted molar refractivity (Wildman–Crippen MR) is 76.6 cm³/mol. The Morgan fingerprint density at radius 1 is 1.25 bits per heavy atom. The maximum atomic E-state index is 11.4. The Balaban J connectivity index is 2.22. The minimum Gasteiger partial charge on any atom is -0.469 e. The highest BCUT2D eigenvalue weighted by Gasteiger charge is 2.06. The third kappa shape index (κ3) is 6.65. The standard InChI is InChI=1S/C13H20N2O4S/c1-18-6-5-15-12(16)9-14-8-11-4-3-10(20-11)7-13(17)19-2/h3-4,14H,5-9H2,1-2H3,(H,15,16). The van der Waals surface area contributed by atoms with Gasteiger partial charge in [-0.3, -0.25) is 9.59 Å². The zero-order chi connectivity index (χ0) is 14.8. The van der Waals surface area contributed by atoms with Gasteiger partial charge in [-0.1, -0.05) is 0 Å². The van der Waals surface area contributed by atoms with Crippen molar-refractivity contribution in [3.05, 3.63) is 21.9 Å². The molecule has 0 saturated carbocycles. The molecule has 0 atom stereocenters. The first-order valence-electron chi connectivity index (χ1n) is 6.26. The summed E-state index contributed by atoms with van der Waals surface area (Å²) in [6.45, 7) is 1.88. The molecule has 0 saturated heterocycles. The van der Waals surface area contributed by atoms with E-state index in [1.54, 1.807) is 7.11 Å². The number of amides is 1. The van der Waals surface area contributed by atoms with Crippen LogP contribution in [0.15, 0.2) is 12.1 Å². The normalized spacial score (nSPS) is 10.3. The van der Waals surface area contributed by atoms with Gasteiger partial charge in [-0.05, 0) is 12.1 Å². The second-order valence-electron chi connectivity index (χ2n) is 4.07. The van der Waals surface area contributed by atoms with Crippen LogP contribution in [0.25, 0.3) is 0 Å². The highest BCUT2D eigenvalue weighted by Crippen LogP contribution is 2.17. The summed E-state index contributed by atoms with van der Waals surface area (Å²) in [6, 6.07) is 3.84. The molecule has 0 aliphatic heterocycles. The average molecular weight is 300 g/mol. The van der Waals surface area contributed by atoms with Gasteiger partial charge in [-0.15, -0.1) is 11.3 Å². The summed E-state index contributed by atoms with van der Waals surface area (Å²) in [4.78, 5) is 24.6. The van der Waals surface area contributed by atoms with Crippen LogP contribution in [0, 0.1) is 0 Å². The highest BCUT2D eigenvalue weighted by molar-refractivity contribution is 7.12. The molecule has 7 heteroatoms. The molecule has 6 nitrogen and oxygen atoms in total. The lowest BCUT2D eigenvalue weighted by Crippen LogP contribution is -2.35. The number of carbonyl (C=O) groups is 2. The Kier molecular flexibility index (Phi) is 7.86. The van der Waals surface area contributed by atoms with Crippen molar-refractivity contribution in [2.24, 2.45) is 0 Å². The molecular weight excluding hydrogens is 280 g/mol. The van der Waals surface area contributed by atoms with E-state index in [2.05, 4.69) is 15.4 Å². The molecule has 1 heterocycles. The van der Waals surface area contributed by atoms with E-state index in [0.29, 0.717) is 26.1 Å². The number of methoxy groups -OCH3 is 2. The van der Waals surface area contributed by atoms with Crippen LogP contribution in [-0.4, -0.2) is 45.8 Å². The van der Waals surface area contributed by atoms with Crippen LogP contribution in [0.5, 0.6) is 0 Å². The molecule has 20 heavy (non-hydrogen) atoms. The Labute approximate surface area is 122 Å². The van der Waals surface area contributed by atoms with Gasteiger partial charge in [0.1, 0.15) is 0 Å². The van der Waals surface area contributed by atoms with Crippen molar-refractivity contribution in [2.45, 2.75) is 13.0 Å². The number of nitrogens with one attached hydrogen (secondary N) is 2. The maximum Gasteiger partial charge on any atom is 0.310 e. The second kappa shape index (κ2) is 9.46. The first kappa shape index (κ1) is 16.6. The van der Waals surface area contributed by atoms with Crippen molar-refractivity contribution in [2.75, 3.05) is 33.9 Å². The fourth-order valence-corrected chi connectivity index (χ4v) is 2.45. The Morgan fingerprint density at radius 3 is 2.70 bits per heavy atom. The lowest BCUT2D eigenvalue weighted by atomic mass is 10.3. The molecule has 1 rings (SSSR count). The van der Waals surface area contributed by atoms with Crippen molar-refractivity contribution in [1.29, 1.82) is 0 Å². The third-order valence-corrected chi connectivity index (χ3v) is 3.56. The summed E-state index contributed by atoms with van der Waals surface area (Å²) in [5.41, 5.74) is 0. The molecular formula is C13H20N2O4S. The van der Waals surface area contributed by atoms with E-state index in [-0.39, 0.29) is 18.4 Å². The highest BCUT2D eigenvalue weighted by atomic mass is 32.1. The van der Waals surface area contributed by atoms with E-state index < -0.39 is 0 Å². The topological polar surface area (TPSA) is 76.7 Å². The van der Waals surface area contributed by atoms with E-state index in [4.69, 9.17) is 4.74 Å². The fraction of sp³-hybridized carbons (Fsp3) is 0.538. The monoisotopic (exact) mass is 300 g/mol. The number of carbonyl (C=O) groups excluding carboxylic acids is 2. The summed E-state index contributed by atoms with van der Waals surface area (Å²) < 4.78 is 9.45. The Hall–Kier alpha value is -1.44. The smallest absolute Gasteiger partial charge is 0.310 e. The van der Waals surface area contributed by atoms with Crippen molar-refractivity contribution >= 4 is 23.2 Å². The minimum absolute atomic E-state index is 0.0617. The average Bonchev–Trinajstić information content (AvgIpc) is 2.86. The first-order chi connectivity index (χ1) is 9.65. The number of ether oxygens (including phenoxy) is 2. The lowest BCUT2D eigenvalue weighted by molar-refractivity contribution is -0.139. The van der Waals surface area contributed by atoms with E-state index in [9.17, 15) is 9.59 Å². The van der Waals surface area contributed by atoms with Crippen LogP contribution in [-0.2, 0) is 32.0 Å². The van der Waals surface area contributed by atoms with Crippen LogP contribution in [0.3, 0.4) is 0 Å². The first-order valence-corrected chi connectivity index (χ1v) is 7.08. The molecule has 0 fully saturated rings. The largest absolute Gasteiger partial charge is 0.469 e. The Morgan fingerprint density at radius 2 is 2.00 bits per heavy atom. The molecule has 0 aliphatic carbocycles. The molecule has 0 aliphatic rings. The van der Waals surface area contributed by atoms with Gasteiger partial charge < -0.3 is 20.1 Å². The summed E-state index contributed by atoms with van der Waals surface area (Å²) >= 11 is 1.53. The number of thiophene rings is 1. The van der Waals surface area contributed by atoms with Crippen molar-refractivity contribution in [1.82, 2.24) is 10.6 Å². The quantitative estimate of drug-likeness (QED) is 0.507. The van der Waals surface area contributed by atoms with Crippen molar-refractivity contribution in [3.8, 4) is 0 Å². The summed E-state index contributed by atoms with van der Waals surface area (Å²) in [6.07, 6.45) is 0.290. The lowest BCUT2D eigenvalue weighted by Gasteiger charge is -2.05. The van der Waals surface area contributed by atoms with Gasteiger partial charge in [0.05, 0.1) is 26.7 Å². The molecule has 1 amide bonds. The van der Waals surface area contributed by atoms with Crippen LogP contribution in [0.1, 0.15) is 9.75 Å². The molecule has 0 radical (unpaired) electrons. The maximum absolute atomic E-state index is 11.4.